The lowest BCUT2D eigenvalue weighted by atomic mass is 9.96. The van der Waals surface area contributed by atoms with Gasteiger partial charge in [-0.1, -0.05) is 97.1 Å². The summed E-state index contributed by atoms with van der Waals surface area (Å²) in [5, 5.41) is 4.82. The maximum atomic E-state index is 7.31. The summed E-state index contributed by atoms with van der Waals surface area (Å²) >= 11 is 0. The zero-order chi connectivity index (χ0) is 37.6. The Kier molecular flexibility index (Phi) is 8.94. The third-order valence-electron chi connectivity index (χ3n) is 10.8. The molecule has 0 radical (unpaired) electrons. The number of hydrogen-bond donors (Lipinski definition) is 0. The fourth-order valence-electron chi connectivity index (χ4n) is 7.81. The Morgan fingerprint density at radius 3 is 1.29 bits per heavy atom. The lowest BCUT2D eigenvalue weighted by Crippen LogP contribution is -2.10. The molecule has 0 spiro atoms. The van der Waals surface area contributed by atoms with Crippen LogP contribution in [0.3, 0.4) is 0 Å². The molecule has 0 fully saturated rings. The number of aryl methyl sites for hydroxylation is 2. The Labute approximate surface area is 328 Å². The van der Waals surface area contributed by atoms with Crippen LogP contribution in [0.2, 0.25) is 0 Å². The van der Waals surface area contributed by atoms with Crippen molar-refractivity contribution in [1.29, 1.82) is 0 Å². The number of fused-ring (bicyclic) bond motifs is 4. The molecule has 10 aromatic rings. The molecule has 56 heavy (non-hydrogen) atoms. The van der Waals surface area contributed by atoms with E-state index >= 15 is 0 Å². The normalized spacial score (nSPS) is 11.9. The molecule has 4 heterocycles. The second kappa shape index (κ2) is 14.5. The van der Waals surface area contributed by atoms with Crippen LogP contribution in [-0.4, -0.2) is 23.7 Å². The van der Waals surface area contributed by atoms with Crippen molar-refractivity contribution in [3.05, 3.63) is 205 Å². The van der Waals surface area contributed by atoms with E-state index in [1.807, 2.05) is 0 Å². The van der Waals surface area contributed by atoms with E-state index in [2.05, 4.69) is 214 Å². The van der Waals surface area contributed by atoms with Crippen LogP contribution in [0.5, 0.6) is 11.5 Å². The largest absolute Gasteiger partial charge is 0.485 e. The topological polar surface area (TPSA) is 38.2 Å². The molecule has 0 aliphatic heterocycles. The first-order chi connectivity index (χ1) is 27.6. The highest BCUT2D eigenvalue weighted by Gasteiger charge is 2.25. The Balaban J connectivity index is 1.02. The number of rotatable bonds is 11. The molecule has 0 saturated carbocycles. The van der Waals surface area contributed by atoms with E-state index in [0.29, 0.717) is 12.8 Å². The molecule has 0 aliphatic carbocycles. The number of hydrogen-bond acceptors (Lipinski definition) is 2. The molecule has 6 aromatic carbocycles. The molecule has 274 valence electrons. The van der Waals surface area contributed by atoms with Gasteiger partial charge in [-0.2, -0.15) is 0 Å². The molecule has 0 saturated heterocycles. The van der Waals surface area contributed by atoms with Gasteiger partial charge in [0.25, 0.3) is 0 Å². The highest BCUT2D eigenvalue weighted by molar-refractivity contribution is 7.54. The molecular weight excluding hydrogens is 727 g/mol. The monoisotopic (exact) mass is 766 g/mol. The van der Waals surface area contributed by atoms with E-state index < -0.39 is 16.7 Å². The number of benzene rings is 6. The van der Waals surface area contributed by atoms with Crippen LogP contribution in [-0.2, 0) is 6.42 Å². The van der Waals surface area contributed by atoms with Gasteiger partial charge in [0.1, 0.15) is 26.1 Å². The molecule has 0 atom stereocenters. The third-order valence-corrected chi connectivity index (χ3v) is 14.6. The summed E-state index contributed by atoms with van der Waals surface area (Å²) in [4.78, 5) is 0. The van der Waals surface area contributed by atoms with E-state index in [-0.39, 0.29) is 0 Å². The highest BCUT2D eigenvalue weighted by Crippen LogP contribution is 2.49. The van der Waals surface area contributed by atoms with Crippen molar-refractivity contribution >= 4 is 60.3 Å². The standard InChI is InChI=1S/C48H40N4O2P2/c1-35-13-11-23-47(53-34-55(49-29-25-37-15-3-7-19-43(37)49)50-30-26-38-16-4-8-20-44(38)50)41(35)33-42-36(2)14-12-24-48(42)54-56(51-31-27-39-17-5-9-21-45(39)51)52-32-28-40-18-6-10-22-46(40)52/h3-32H,33-34H2,1-2H3. The molecule has 10 rings (SSSR count). The van der Waals surface area contributed by atoms with Crippen LogP contribution in [0.15, 0.2) is 183 Å². The van der Waals surface area contributed by atoms with Gasteiger partial charge in [0.2, 0.25) is 0 Å². The molecule has 0 N–H and O–H groups in total. The molecular formula is C48H40N4O2P2. The predicted molar refractivity (Wildman–Crippen MR) is 234 cm³/mol. The number of nitrogens with zero attached hydrogens (tertiary/aromatic N) is 4. The van der Waals surface area contributed by atoms with E-state index in [4.69, 9.17) is 9.26 Å². The fourth-order valence-corrected chi connectivity index (χ4v) is 11.6. The van der Waals surface area contributed by atoms with Gasteiger partial charge >= 0.3 is 8.45 Å². The molecule has 0 bridgehead atoms. The minimum atomic E-state index is -1.36. The smallest absolute Gasteiger partial charge is 0.318 e. The van der Waals surface area contributed by atoms with Gasteiger partial charge in [-0.25, -0.2) is 0 Å². The van der Waals surface area contributed by atoms with Crippen molar-refractivity contribution in [3.8, 4) is 11.5 Å². The van der Waals surface area contributed by atoms with Crippen molar-refractivity contribution in [1.82, 2.24) is 17.4 Å². The van der Waals surface area contributed by atoms with Gasteiger partial charge in [0, 0.05) is 53.1 Å². The maximum absolute atomic E-state index is 7.31. The van der Waals surface area contributed by atoms with Crippen LogP contribution in [0, 0.1) is 13.8 Å². The van der Waals surface area contributed by atoms with E-state index in [1.54, 1.807) is 0 Å². The second-order valence-electron chi connectivity index (χ2n) is 14.1. The summed E-state index contributed by atoms with van der Waals surface area (Å²) in [7, 11) is -2.35. The Morgan fingerprint density at radius 2 is 0.804 bits per heavy atom. The zero-order valence-electron chi connectivity index (χ0n) is 31.2. The maximum Gasteiger partial charge on any atom is 0.318 e. The van der Waals surface area contributed by atoms with Crippen LogP contribution in [0.25, 0.3) is 43.6 Å². The Hall–Kier alpha value is -6.06. The summed E-state index contributed by atoms with van der Waals surface area (Å²) in [6.45, 7) is 4.38. The summed E-state index contributed by atoms with van der Waals surface area (Å²) < 4.78 is 23.7. The number of aromatic nitrogens is 4. The van der Waals surface area contributed by atoms with Gasteiger partial charge in [0.05, 0.1) is 22.1 Å². The molecule has 4 aromatic heterocycles. The van der Waals surface area contributed by atoms with Crippen molar-refractivity contribution in [2.45, 2.75) is 20.3 Å². The number of para-hydroxylation sites is 4. The minimum Gasteiger partial charge on any atom is -0.485 e. The van der Waals surface area contributed by atoms with Gasteiger partial charge in [-0.3, -0.25) is 8.68 Å². The van der Waals surface area contributed by atoms with Crippen LogP contribution < -0.4 is 9.26 Å². The van der Waals surface area contributed by atoms with E-state index in [1.165, 1.54) is 49.3 Å². The van der Waals surface area contributed by atoms with Gasteiger partial charge in [-0.05, 0) is 96.4 Å². The fraction of sp³-hybridized carbons (Fsp3) is 0.0833. The lowest BCUT2D eigenvalue weighted by Gasteiger charge is -2.25. The first-order valence-electron chi connectivity index (χ1n) is 18.9. The van der Waals surface area contributed by atoms with Crippen LogP contribution in [0.1, 0.15) is 22.3 Å². The molecule has 0 amide bonds. The SMILES string of the molecule is Cc1cccc(OCP(n2ccc3ccccc32)n2ccc3ccccc32)c1Cc1c(C)cccc1OP(n1ccc2ccccc21)n1ccc2ccccc21. The van der Waals surface area contributed by atoms with Crippen molar-refractivity contribution < 1.29 is 9.26 Å². The van der Waals surface area contributed by atoms with Gasteiger partial charge in [-0.15, -0.1) is 0 Å². The first kappa shape index (κ1) is 34.4. The summed E-state index contributed by atoms with van der Waals surface area (Å²) in [6, 6.07) is 55.9. The Morgan fingerprint density at radius 1 is 0.411 bits per heavy atom. The zero-order valence-corrected chi connectivity index (χ0v) is 33.0. The predicted octanol–water partition coefficient (Wildman–Crippen LogP) is 13.2. The van der Waals surface area contributed by atoms with Crippen LogP contribution in [0.4, 0.5) is 0 Å². The molecule has 0 aliphatic rings. The van der Waals surface area contributed by atoms with Crippen LogP contribution >= 0.6 is 16.7 Å². The van der Waals surface area contributed by atoms with Crippen molar-refractivity contribution in [2.75, 3.05) is 6.35 Å². The summed E-state index contributed by atoms with van der Waals surface area (Å²) in [5.74, 6) is 1.77. The van der Waals surface area contributed by atoms with E-state index in [9.17, 15) is 0 Å². The highest BCUT2D eigenvalue weighted by atomic mass is 31.2. The molecule has 0 unspecified atom stereocenters. The number of ether oxygens (including phenoxy) is 1. The second-order valence-corrected chi connectivity index (χ2v) is 17.6. The summed E-state index contributed by atoms with van der Waals surface area (Å²) in [5.41, 5.74) is 9.38. The van der Waals surface area contributed by atoms with E-state index in [0.717, 1.165) is 28.1 Å². The lowest BCUT2D eigenvalue weighted by molar-refractivity contribution is 0.381. The molecule has 6 nitrogen and oxygen atoms in total. The third kappa shape index (κ3) is 6.16. The average molecular weight is 767 g/mol. The average Bonchev–Trinajstić information content (AvgIpc) is 4.05. The minimum absolute atomic E-state index is 0.507. The van der Waals surface area contributed by atoms with Crippen molar-refractivity contribution in [2.24, 2.45) is 0 Å². The first-order valence-corrected chi connectivity index (χ1v) is 21.5. The Bertz CT molecular complexity index is 2860. The van der Waals surface area contributed by atoms with Crippen molar-refractivity contribution in [3.63, 3.8) is 0 Å². The quantitative estimate of drug-likeness (QED) is 0.123. The van der Waals surface area contributed by atoms with Gasteiger partial charge < -0.3 is 17.9 Å². The van der Waals surface area contributed by atoms with Gasteiger partial charge in [0.15, 0.2) is 0 Å². The molecule has 8 heteroatoms. The summed E-state index contributed by atoms with van der Waals surface area (Å²) in [6.07, 6.45) is 9.92.